The predicted octanol–water partition coefficient (Wildman–Crippen LogP) is 9.72. The molecule has 11 nitrogen and oxygen atoms in total. The first kappa shape index (κ1) is 48.7. The number of rotatable bonds is 17. The Kier molecular flexibility index (Phi) is 18.0. The lowest BCUT2D eigenvalue weighted by Crippen LogP contribution is -2.42. The van der Waals surface area contributed by atoms with Crippen molar-refractivity contribution in [3.8, 4) is 0 Å². The van der Waals surface area contributed by atoms with E-state index in [4.69, 9.17) is 82.2 Å². The van der Waals surface area contributed by atoms with Gasteiger partial charge in [0.1, 0.15) is 18.3 Å². The molecule has 0 radical (unpaired) electrons. The van der Waals surface area contributed by atoms with Crippen LogP contribution in [0.4, 0.5) is 0 Å². The van der Waals surface area contributed by atoms with E-state index in [-0.39, 0.29) is 48.8 Å². The minimum absolute atomic E-state index is 0.00657. The molecule has 4 heterocycles. The van der Waals surface area contributed by atoms with E-state index in [0.717, 1.165) is 70.3 Å². The Morgan fingerprint density at radius 3 is 1.74 bits per heavy atom. The zero-order valence-electron chi connectivity index (χ0n) is 36.8. The summed E-state index contributed by atoms with van der Waals surface area (Å²) in [5.41, 5.74) is -2.58. The van der Waals surface area contributed by atoms with Crippen molar-refractivity contribution in [2.75, 3.05) is 26.3 Å². The van der Waals surface area contributed by atoms with Gasteiger partial charge in [-0.15, -0.1) is 0 Å². The summed E-state index contributed by atoms with van der Waals surface area (Å²) in [6.45, 7) is 19.2. The molecule has 3 aliphatic carbocycles. The molecule has 0 bridgehead atoms. The third-order valence-electron chi connectivity index (χ3n) is 13.7. The van der Waals surface area contributed by atoms with Crippen LogP contribution in [0, 0.1) is 35.5 Å². The normalized spacial score (nSPS) is 44.0. The summed E-state index contributed by atoms with van der Waals surface area (Å²) < 4.78 is 63.1. The summed E-state index contributed by atoms with van der Waals surface area (Å²) in [6.07, 6.45) is 11.2. The van der Waals surface area contributed by atoms with Crippen LogP contribution in [0.3, 0.4) is 0 Å². The van der Waals surface area contributed by atoms with Crippen LogP contribution in [0.1, 0.15) is 139 Å². The standard InChI is InChI=1S/C27H48NO7PS.C15H29O3PS2/c1-6-21-22(14-19(5)30-21)34-36(37,29-16-20-13-17(3)12-18(20)4)35-24-23(15-28-7-2)31-26-25(24)32-27(33-26)10-8-9-11-27;1-5-14-15(8-12(4)17-14)18-19(20,21)16-9-13-7-10(2)6-11(13)3/h17-26,28H,6-16H2,1-5H3;10-15H,5-9H2,1-4H3,(H,20,21)/p-1/t17?,18?,19?,20?,21?,22?,23-,24+,25-,26-,36?;/m1./s1. The molecule has 1 N–H and O–H groups in total. The minimum atomic E-state index is -3.15. The molecule has 18 atom stereocenters. The van der Waals surface area contributed by atoms with Gasteiger partial charge in [-0.2, -0.15) is 0 Å². The Labute approximate surface area is 366 Å². The molecule has 58 heavy (non-hydrogen) atoms. The van der Waals surface area contributed by atoms with Crippen molar-refractivity contribution in [1.82, 2.24) is 5.32 Å². The zero-order chi connectivity index (χ0) is 41.8. The van der Waals surface area contributed by atoms with Gasteiger partial charge in [0.15, 0.2) is 12.1 Å². The van der Waals surface area contributed by atoms with Crippen molar-refractivity contribution in [2.24, 2.45) is 35.5 Å². The second kappa shape index (κ2) is 21.5. The molecule has 0 amide bonds. The first-order valence-corrected chi connectivity index (χ1v) is 29.0. The summed E-state index contributed by atoms with van der Waals surface area (Å²) in [4.78, 5) is 0. The van der Waals surface area contributed by atoms with Crippen LogP contribution >= 0.6 is 12.4 Å². The molecule has 7 fully saturated rings. The summed E-state index contributed by atoms with van der Waals surface area (Å²) in [5, 5.41) is 3.40. The van der Waals surface area contributed by atoms with Crippen molar-refractivity contribution >= 4 is 48.3 Å². The van der Waals surface area contributed by atoms with Crippen molar-refractivity contribution < 1.29 is 46.3 Å². The van der Waals surface area contributed by atoms with Gasteiger partial charge in [0.25, 0.3) is 0 Å². The maximum Gasteiger partial charge on any atom is 0.328 e. The summed E-state index contributed by atoms with van der Waals surface area (Å²) in [7, 11) is 0. The molecule has 7 aliphatic rings. The monoisotopic (exact) mass is 912 g/mol. The average Bonchev–Trinajstić information content (AvgIpc) is 4.04. The quantitative estimate of drug-likeness (QED) is 0.111. The fourth-order valence-corrected chi connectivity index (χ4v) is 15.2. The SMILES string of the molecule is CCC1OC(C)CC1OP(=S)([S-])OCC1CC(C)CC1C.CCNC[C@H]1O[C@@H]2OC3(CCCC3)O[C@@H]2[C@H]1OP(=S)(OCC1CC(C)CC1C)OC1CC(C)OC1CC. The second-order valence-corrected chi connectivity index (χ2v) is 26.8. The van der Waals surface area contributed by atoms with E-state index in [0.29, 0.717) is 49.3 Å². The first-order valence-electron chi connectivity index (χ1n) is 22.8. The van der Waals surface area contributed by atoms with Crippen LogP contribution < -0.4 is 5.32 Å². The molecule has 4 aliphatic heterocycles. The van der Waals surface area contributed by atoms with E-state index in [1.165, 1.54) is 19.3 Å². The van der Waals surface area contributed by atoms with Crippen molar-refractivity contribution in [1.29, 1.82) is 0 Å². The maximum absolute atomic E-state index is 6.79. The van der Waals surface area contributed by atoms with Gasteiger partial charge in [-0.1, -0.05) is 60.3 Å². The molecule has 4 saturated heterocycles. The number of likely N-dealkylation sites (N-methyl/N-ethyl adjacent to an activating group) is 1. The first-order chi connectivity index (χ1) is 27.5. The fourth-order valence-electron chi connectivity index (χ4n) is 10.7. The Hall–Kier alpha value is 1.21. The number of hydrogen-bond donors (Lipinski definition) is 1. The molecule has 1 spiro atoms. The van der Waals surface area contributed by atoms with E-state index in [2.05, 4.69) is 67.6 Å². The molecule has 14 unspecified atom stereocenters. The van der Waals surface area contributed by atoms with Crippen LogP contribution in [-0.4, -0.2) is 93.3 Å². The number of nitrogens with one attached hydrogen (secondary N) is 1. The Balaban J connectivity index is 0.000000229. The van der Waals surface area contributed by atoms with Crippen LogP contribution in [0.15, 0.2) is 0 Å². The summed E-state index contributed by atoms with van der Waals surface area (Å²) in [6, 6.07) is 0. The second-order valence-electron chi connectivity index (χ2n) is 18.9. The molecule has 7 rings (SSSR count). The molecule has 0 aromatic heterocycles. The molecular weight excluding hydrogens is 837 g/mol. The van der Waals surface area contributed by atoms with E-state index in [1.54, 1.807) is 0 Å². The fraction of sp³-hybridized carbons (Fsp3) is 1.00. The van der Waals surface area contributed by atoms with Crippen molar-refractivity contribution in [3.05, 3.63) is 0 Å². The predicted molar refractivity (Wildman–Crippen MR) is 237 cm³/mol. The van der Waals surface area contributed by atoms with Gasteiger partial charge in [0.2, 0.25) is 0 Å². The minimum Gasteiger partial charge on any atom is -0.691 e. The molecule has 338 valence electrons. The zero-order valence-corrected chi connectivity index (χ0v) is 41.0. The van der Waals surface area contributed by atoms with Crippen LogP contribution in [0.25, 0.3) is 0 Å². The summed E-state index contributed by atoms with van der Waals surface area (Å²) in [5.74, 6) is 3.28. The highest BCUT2D eigenvalue weighted by molar-refractivity contribution is 8.51. The van der Waals surface area contributed by atoms with E-state index >= 15 is 0 Å². The smallest absolute Gasteiger partial charge is 0.328 e. The van der Waals surface area contributed by atoms with Gasteiger partial charge < -0.3 is 59.3 Å². The molecular formula is C42H76NO10P2S3-. The third-order valence-corrected chi connectivity index (χ3v) is 18.2. The van der Waals surface area contributed by atoms with Crippen LogP contribution in [-0.2, 0) is 82.2 Å². The lowest BCUT2D eigenvalue weighted by Gasteiger charge is -2.34. The Bertz CT molecular complexity index is 1400. The van der Waals surface area contributed by atoms with E-state index in [9.17, 15) is 0 Å². The Morgan fingerprint density at radius 1 is 0.672 bits per heavy atom. The maximum atomic E-state index is 6.79. The lowest BCUT2D eigenvalue weighted by atomic mass is 10.00. The molecule has 16 heteroatoms. The van der Waals surface area contributed by atoms with Crippen LogP contribution in [0.5, 0.6) is 0 Å². The van der Waals surface area contributed by atoms with Crippen molar-refractivity contribution in [2.45, 2.75) is 206 Å². The number of fused-ring (bicyclic) bond motifs is 1. The number of hydrogen-bond acceptors (Lipinski definition) is 14. The van der Waals surface area contributed by atoms with Gasteiger partial charge in [0, 0.05) is 32.2 Å². The average molecular weight is 913 g/mol. The molecule has 0 aromatic carbocycles. The van der Waals surface area contributed by atoms with E-state index in [1.807, 2.05) is 0 Å². The third kappa shape index (κ3) is 12.7. The van der Waals surface area contributed by atoms with Gasteiger partial charge in [-0.25, -0.2) is 0 Å². The number of ether oxygens (including phenoxy) is 5. The largest absolute Gasteiger partial charge is 0.691 e. The summed E-state index contributed by atoms with van der Waals surface area (Å²) >= 11 is 17.1. The van der Waals surface area contributed by atoms with Crippen molar-refractivity contribution in [3.63, 3.8) is 0 Å². The van der Waals surface area contributed by atoms with E-state index < -0.39 is 30.6 Å². The lowest BCUT2D eigenvalue weighted by molar-refractivity contribution is -0.228. The van der Waals surface area contributed by atoms with Gasteiger partial charge in [-0.05, 0) is 119 Å². The van der Waals surface area contributed by atoms with Gasteiger partial charge in [0.05, 0.1) is 55.5 Å². The topological polar surface area (TPSA) is 104 Å². The van der Waals surface area contributed by atoms with Gasteiger partial charge >= 0.3 is 6.72 Å². The highest BCUT2D eigenvalue weighted by Crippen LogP contribution is 2.58. The van der Waals surface area contributed by atoms with Crippen LogP contribution in [0.2, 0.25) is 0 Å². The Morgan fingerprint density at radius 2 is 1.22 bits per heavy atom. The highest BCUT2D eigenvalue weighted by atomic mass is 32.9. The molecule has 0 aromatic rings. The molecule has 3 saturated carbocycles. The highest BCUT2D eigenvalue weighted by Gasteiger charge is 2.60. The van der Waals surface area contributed by atoms with Gasteiger partial charge in [-0.3, -0.25) is 4.52 Å².